The van der Waals surface area contributed by atoms with Gasteiger partial charge in [-0.1, -0.05) is 35.4 Å². The van der Waals surface area contributed by atoms with Gasteiger partial charge in [-0.05, 0) is 6.42 Å². The first kappa shape index (κ1) is 24.7. The molecule has 155 valence electrons. The van der Waals surface area contributed by atoms with E-state index in [2.05, 4.69) is 115 Å². The molecule has 4 aromatic rings. The maximum atomic E-state index is 3.30. The Hall–Kier alpha value is -1.97. The first-order valence-corrected chi connectivity index (χ1v) is 13.9. The molecular formula is C30H25HfSn-2. The molecule has 0 heterocycles. The van der Waals surface area contributed by atoms with Crippen molar-refractivity contribution in [2.45, 2.75) is 12.8 Å². The van der Waals surface area contributed by atoms with Gasteiger partial charge in [0.1, 0.15) is 0 Å². The van der Waals surface area contributed by atoms with Crippen molar-refractivity contribution in [3.63, 3.8) is 0 Å². The molecule has 2 aliphatic rings. The first-order valence-electron chi connectivity index (χ1n) is 10.6. The normalized spacial score (nSPS) is 11.8. The second-order valence-electron chi connectivity index (χ2n) is 7.37. The molecule has 4 aromatic carbocycles. The van der Waals surface area contributed by atoms with E-state index in [1.807, 2.05) is 18.2 Å². The molecule has 2 aliphatic carbocycles. The molecule has 0 spiro atoms. The van der Waals surface area contributed by atoms with Crippen LogP contribution >= 0.6 is 0 Å². The Morgan fingerprint density at radius 1 is 0.656 bits per heavy atom. The summed E-state index contributed by atoms with van der Waals surface area (Å²) < 4.78 is 3.12. The number of rotatable bonds is 2. The second-order valence-corrected chi connectivity index (χ2v) is 12.0. The first-order chi connectivity index (χ1) is 15.4. The van der Waals surface area contributed by atoms with Gasteiger partial charge in [0, 0.05) is 25.8 Å². The van der Waals surface area contributed by atoms with Crippen molar-refractivity contribution in [2.75, 3.05) is 0 Å². The Labute approximate surface area is 221 Å². The van der Waals surface area contributed by atoms with E-state index in [0.717, 1.165) is 12.8 Å². The molecule has 0 aliphatic heterocycles. The number of hydrogen-bond donors (Lipinski definition) is 0. The predicted octanol–water partition coefficient (Wildman–Crippen LogP) is 5.44. The Balaban J connectivity index is 0.000000145. The van der Waals surface area contributed by atoms with Crippen LogP contribution in [0.1, 0.15) is 17.5 Å². The minimum atomic E-state index is -0.699. The topological polar surface area (TPSA) is 0 Å². The summed E-state index contributed by atoms with van der Waals surface area (Å²) in [6, 6.07) is 39.8. The van der Waals surface area contributed by atoms with Gasteiger partial charge in [-0.2, -0.15) is 35.9 Å². The van der Waals surface area contributed by atoms with E-state index in [1.54, 1.807) is 7.16 Å². The van der Waals surface area contributed by atoms with E-state index in [0.29, 0.717) is 0 Å². The van der Waals surface area contributed by atoms with Crippen LogP contribution in [0, 0.1) is 12.1 Å². The van der Waals surface area contributed by atoms with Gasteiger partial charge < -0.3 is 0 Å². The van der Waals surface area contributed by atoms with E-state index >= 15 is 0 Å². The van der Waals surface area contributed by atoms with Crippen LogP contribution in [-0.4, -0.2) is 21.1 Å². The van der Waals surface area contributed by atoms with Crippen LogP contribution in [0.5, 0.6) is 0 Å². The van der Waals surface area contributed by atoms with Crippen LogP contribution in [0.3, 0.4) is 0 Å². The molecule has 0 nitrogen and oxygen atoms in total. The van der Waals surface area contributed by atoms with Crippen LogP contribution in [0.4, 0.5) is 0 Å². The van der Waals surface area contributed by atoms with Gasteiger partial charge in [-0.3, -0.25) is 6.08 Å². The molecule has 0 N–H and O–H groups in total. The van der Waals surface area contributed by atoms with E-state index in [9.17, 15) is 0 Å². The van der Waals surface area contributed by atoms with Gasteiger partial charge in [-0.25, -0.2) is 12.2 Å². The van der Waals surface area contributed by atoms with Crippen LogP contribution in [0.15, 0.2) is 121 Å². The monoisotopic (exact) mass is 685 g/mol. The standard InChI is InChI=1S/C13H9.2C6H5.C5H5.Hf.Sn.H/c1-3-7-12-10(5-1)9-11-6-2-4-8-13(11)12;2*1-2-4-6-5-3-1;1-2-4-5-3-1;;;/h1-5,7-8H,9H2;2*1-5H;1-3H,4H2;;;/q-1;;;-1;;;. The molecule has 0 fully saturated rings. The fourth-order valence-corrected chi connectivity index (χ4v) is 7.09. The van der Waals surface area contributed by atoms with Gasteiger partial charge in [-0.15, -0.1) is 12.0 Å². The third-order valence-corrected chi connectivity index (χ3v) is 9.23. The van der Waals surface area contributed by atoms with E-state index < -0.39 is 21.1 Å². The maximum absolute atomic E-state index is 3.30. The summed E-state index contributed by atoms with van der Waals surface area (Å²) in [6.45, 7) is 0. The summed E-state index contributed by atoms with van der Waals surface area (Å²) in [5, 5.41) is 0. The summed E-state index contributed by atoms with van der Waals surface area (Å²) in [5.41, 5.74) is 5.51. The number of hydrogen-bond acceptors (Lipinski definition) is 0. The van der Waals surface area contributed by atoms with E-state index in [4.69, 9.17) is 0 Å². The van der Waals surface area contributed by atoms with Crippen LogP contribution in [0.25, 0.3) is 11.1 Å². The van der Waals surface area contributed by atoms with Gasteiger partial charge in [0.05, 0.1) is 0 Å². The Bertz CT molecular complexity index is 1060. The van der Waals surface area contributed by atoms with Crippen molar-refractivity contribution in [2.24, 2.45) is 0 Å². The zero-order valence-electron chi connectivity index (χ0n) is 18.0. The summed E-state index contributed by atoms with van der Waals surface area (Å²) in [5.74, 6) is 0. The number of benzene rings is 4. The quantitative estimate of drug-likeness (QED) is 0.172. The minimum absolute atomic E-state index is 0. The second kappa shape index (κ2) is 13.5. The molecule has 2 heteroatoms. The Morgan fingerprint density at radius 3 is 1.88 bits per heavy atom. The predicted molar refractivity (Wildman–Crippen MR) is 134 cm³/mol. The van der Waals surface area contributed by atoms with Crippen molar-refractivity contribution in [3.05, 3.63) is 145 Å². The molecule has 0 aromatic heterocycles. The zero-order valence-corrected chi connectivity index (χ0v) is 24.9. The fraction of sp³-hybridized carbons (Fsp3) is 0.0667. The van der Waals surface area contributed by atoms with Crippen LogP contribution in [0.2, 0.25) is 0 Å². The van der Waals surface area contributed by atoms with Gasteiger partial charge in [0.25, 0.3) is 0 Å². The van der Waals surface area contributed by atoms with Crippen molar-refractivity contribution in [3.8, 4) is 11.1 Å². The summed E-state index contributed by atoms with van der Waals surface area (Å²) in [4.78, 5) is 0. The zero-order chi connectivity index (χ0) is 21.1. The molecule has 0 atom stereocenters. The number of allylic oxidation sites excluding steroid dienone is 4. The molecular weight excluding hydrogens is 658 g/mol. The van der Waals surface area contributed by atoms with Crippen LogP contribution < -0.4 is 7.16 Å². The molecule has 0 saturated carbocycles. The molecule has 1 radical (unpaired) electrons. The van der Waals surface area contributed by atoms with Gasteiger partial charge in [0.2, 0.25) is 0 Å². The van der Waals surface area contributed by atoms with Crippen molar-refractivity contribution in [1.29, 1.82) is 0 Å². The molecule has 0 bridgehead atoms. The summed E-state index contributed by atoms with van der Waals surface area (Å²) in [6.07, 6.45) is 11.0. The van der Waals surface area contributed by atoms with Gasteiger partial charge in [0.15, 0.2) is 0 Å². The third-order valence-electron chi connectivity index (χ3n) is 5.13. The summed E-state index contributed by atoms with van der Waals surface area (Å²) >= 11 is -0.699. The fourth-order valence-electron chi connectivity index (χ4n) is 3.63. The van der Waals surface area contributed by atoms with Crippen LogP contribution in [-0.2, 0) is 32.3 Å². The van der Waals surface area contributed by atoms with E-state index in [-0.39, 0.29) is 25.8 Å². The summed E-state index contributed by atoms with van der Waals surface area (Å²) in [7, 11) is 0. The molecule has 0 amide bonds. The molecule has 32 heavy (non-hydrogen) atoms. The average Bonchev–Trinajstić information content (AvgIpc) is 3.53. The molecule has 0 saturated heterocycles. The Morgan fingerprint density at radius 2 is 1.28 bits per heavy atom. The van der Waals surface area contributed by atoms with Crippen molar-refractivity contribution < 1.29 is 25.8 Å². The SMILES string of the molecule is [C-]1=CC=CC1.[Hf].[c-]1cccc2c1Cc1ccccc1-2.c1cc[c]([SnH][c]2ccccc2)cc1. The van der Waals surface area contributed by atoms with Crippen molar-refractivity contribution >= 4 is 28.3 Å². The average molecular weight is 683 g/mol. The number of fused-ring (bicyclic) bond motifs is 3. The van der Waals surface area contributed by atoms with Gasteiger partial charge >= 0.3 is 89.0 Å². The molecule has 0 unspecified atom stereocenters. The molecule has 6 rings (SSSR count). The Kier molecular flexibility index (Phi) is 10.4. The van der Waals surface area contributed by atoms with Crippen molar-refractivity contribution in [1.82, 2.24) is 0 Å². The van der Waals surface area contributed by atoms with E-state index in [1.165, 1.54) is 22.3 Å². The third kappa shape index (κ3) is 7.28.